The van der Waals surface area contributed by atoms with E-state index in [1.54, 1.807) is 36.4 Å². The Morgan fingerprint density at radius 3 is 2.18 bits per heavy atom. The molecular formula is C24H14N2O7. The zero-order valence-corrected chi connectivity index (χ0v) is 17.4. The average Bonchev–Trinajstić information content (AvgIpc) is 3.32. The van der Waals surface area contributed by atoms with Gasteiger partial charge in [0.25, 0.3) is 5.91 Å². The summed E-state index contributed by atoms with van der Waals surface area (Å²) in [5, 5.41) is 0. The maximum Gasteiger partial charge on any atom is 0.343 e. The van der Waals surface area contributed by atoms with Gasteiger partial charge in [-0.15, -0.1) is 0 Å². The van der Waals surface area contributed by atoms with Crippen LogP contribution in [0.2, 0.25) is 0 Å². The van der Waals surface area contributed by atoms with Gasteiger partial charge in [-0.1, -0.05) is 30.3 Å². The number of imide groups is 2. The van der Waals surface area contributed by atoms with E-state index in [4.69, 9.17) is 4.74 Å². The van der Waals surface area contributed by atoms with Crippen molar-refractivity contribution in [3.8, 4) is 0 Å². The summed E-state index contributed by atoms with van der Waals surface area (Å²) < 4.78 is 4.94. The smallest absolute Gasteiger partial charge is 0.343 e. The van der Waals surface area contributed by atoms with Gasteiger partial charge in [0, 0.05) is 19.4 Å². The fourth-order valence-electron chi connectivity index (χ4n) is 5.70. The van der Waals surface area contributed by atoms with Crippen LogP contribution in [0.15, 0.2) is 48.0 Å². The summed E-state index contributed by atoms with van der Waals surface area (Å²) in [6.45, 7) is 2.44. The van der Waals surface area contributed by atoms with Crippen LogP contribution in [0.4, 0.5) is 11.4 Å². The van der Waals surface area contributed by atoms with Crippen molar-refractivity contribution < 1.29 is 33.5 Å². The monoisotopic (exact) mass is 442 g/mol. The SMILES string of the molecule is CC(=O)N1C(=O)[C@]2(c3ccccc31)c1cccc3c1C(=C1C(=O)OC(=O)[C@H]12)C(=O)N3C(C)=O. The Balaban J connectivity index is 1.82. The molecule has 0 unspecified atom stereocenters. The largest absolute Gasteiger partial charge is 0.389 e. The minimum Gasteiger partial charge on any atom is -0.389 e. The van der Waals surface area contributed by atoms with E-state index < -0.39 is 46.9 Å². The van der Waals surface area contributed by atoms with Crippen molar-refractivity contribution >= 4 is 52.5 Å². The number of cyclic esters (lactones) is 2. The molecule has 0 aromatic heterocycles. The number of anilines is 2. The molecule has 9 heteroatoms. The highest BCUT2D eigenvalue weighted by atomic mass is 16.6. The van der Waals surface area contributed by atoms with Crippen molar-refractivity contribution in [2.24, 2.45) is 5.92 Å². The highest BCUT2D eigenvalue weighted by Crippen LogP contribution is 2.62. The molecule has 0 radical (unpaired) electrons. The molecule has 0 N–H and O–H groups in total. The number of ether oxygens (including phenoxy) is 1. The molecule has 6 rings (SSSR count). The Bertz CT molecular complexity index is 1450. The van der Waals surface area contributed by atoms with Gasteiger partial charge in [-0.2, -0.15) is 0 Å². The Hall–Kier alpha value is -4.40. The second-order valence-corrected chi connectivity index (χ2v) is 8.27. The standard InChI is InChI=1S/C24H14N2O7/c1-10(27)25-15-9-5-7-13-16(15)17(20(25)29)18-19(22(31)33-21(18)30)24(13)12-6-3-4-8-14(12)26(11(2)28)23(24)32/h3-9,19H,1-2H3/t19-,24+/m0/s1. The molecule has 33 heavy (non-hydrogen) atoms. The Morgan fingerprint density at radius 2 is 1.48 bits per heavy atom. The highest BCUT2D eigenvalue weighted by molar-refractivity contribution is 6.45. The lowest BCUT2D eigenvalue weighted by Gasteiger charge is -2.37. The lowest BCUT2D eigenvalue weighted by molar-refractivity contribution is -0.154. The van der Waals surface area contributed by atoms with E-state index in [-0.39, 0.29) is 33.6 Å². The molecule has 2 aromatic carbocycles. The molecular weight excluding hydrogens is 428 g/mol. The van der Waals surface area contributed by atoms with Crippen LogP contribution in [0.1, 0.15) is 30.5 Å². The van der Waals surface area contributed by atoms with E-state index in [1.807, 2.05) is 0 Å². The van der Waals surface area contributed by atoms with E-state index in [0.717, 1.165) is 9.80 Å². The maximum absolute atomic E-state index is 14.1. The molecule has 4 amide bonds. The minimum absolute atomic E-state index is 0.117. The van der Waals surface area contributed by atoms with E-state index >= 15 is 0 Å². The fourth-order valence-corrected chi connectivity index (χ4v) is 5.70. The van der Waals surface area contributed by atoms with Crippen LogP contribution in [0.25, 0.3) is 5.57 Å². The van der Waals surface area contributed by atoms with Crippen LogP contribution in [-0.4, -0.2) is 35.6 Å². The Labute approximate surface area is 186 Å². The maximum atomic E-state index is 14.1. The third-order valence-electron chi connectivity index (χ3n) is 6.76. The lowest BCUT2D eigenvalue weighted by Crippen LogP contribution is -2.51. The van der Waals surface area contributed by atoms with Gasteiger partial charge in [-0.3, -0.25) is 24.0 Å². The normalized spacial score (nSPS) is 24.4. The predicted octanol–water partition coefficient (Wildman–Crippen LogP) is 1.23. The van der Waals surface area contributed by atoms with E-state index in [0.29, 0.717) is 5.56 Å². The first-order chi connectivity index (χ1) is 15.7. The summed E-state index contributed by atoms with van der Waals surface area (Å²) in [4.78, 5) is 80.1. The van der Waals surface area contributed by atoms with Gasteiger partial charge in [0.2, 0.25) is 17.7 Å². The van der Waals surface area contributed by atoms with Gasteiger partial charge in [-0.25, -0.2) is 14.6 Å². The van der Waals surface area contributed by atoms with Crippen molar-refractivity contribution in [3.05, 3.63) is 64.7 Å². The third kappa shape index (κ3) is 1.94. The molecule has 0 saturated carbocycles. The quantitative estimate of drug-likeness (QED) is 0.445. The number of nitrogens with zero attached hydrogens (tertiary/aromatic N) is 2. The summed E-state index contributed by atoms with van der Waals surface area (Å²) in [6, 6.07) is 11.2. The fraction of sp³-hybridized carbons (Fsp3) is 0.167. The molecule has 4 aliphatic rings. The van der Waals surface area contributed by atoms with Crippen LogP contribution >= 0.6 is 0 Å². The Morgan fingerprint density at radius 1 is 0.848 bits per heavy atom. The van der Waals surface area contributed by atoms with Crippen LogP contribution in [0.3, 0.4) is 0 Å². The average molecular weight is 442 g/mol. The number of hydrogen-bond acceptors (Lipinski definition) is 7. The van der Waals surface area contributed by atoms with Crippen LogP contribution in [-0.2, 0) is 38.9 Å². The Kier molecular flexibility index (Phi) is 3.44. The van der Waals surface area contributed by atoms with Gasteiger partial charge >= 0.3 is 11.9 Å². The zero-order chi connectivity index (χ0) is 23.4. The summed E-state index contributed by atoms with van der Waals surface area (Å²) >= 11 is 0. The van der Waals surface area contributed by atoms with Gasteiger partial charge in [0.05, 0.1) is 22.5 Å². The lowest BCUT2D eigenvalue weighted by atomic mass is 9.59. The number of hydrogen-bond donors (Lipinski definition) is 0. The molecule has 1 spiro atoms. The van der Waals surface area contributed by atoms with Crippen LogP contribution < -0.4 is 9.80 Å². The molecule has 2 atom stereocenters. The number of carbonyl (C=O) groups excluding carboxylic acids is 6. The number of para-hydroxylation sites is 1. The van der Waals surface area contributed by atoms with Gasteiger partial charge in [0.1, 0.15) is 11.3 Å². The van der Waals surface area contributed by atoms with Crippen molar-refractivity contribution in [1.82, 2.24) is 0 Å². The predicted molar refractivity (Wildman–Crippen MR) is 112 cm³/mol. The third-order valence-corrected chi connectivity index (χ3v) is 6.76. The minimum atomic E-state index is -1.80. The molecule has 1 aliphatic carbocycles. The van der Waals surface area contributed by atoms with Crippen molar-refractivity contribution in [3.63, 3.8) is 0 Å². The number of carbonyl (C=O) groups is 6. The zero-order valence-electron chi connectivity index (χ0n) is 17.4. The van der Waals surface area contributed by atoms with Crippen molar-refractivity contribution in [2.75, 3.05) is 9.80 Å². The number of benzene rings is 2. The molecule has 3 aliphatic heterocycles. The number of rotatable bonds is 0. The molecule has 2 aromatic rings. The summed E-state index contributed by atoms with van der Waals surface area (Å²) in [6.07, 6.45) is 0. The molecule has 3 heterocycles. The molecule has 9 nitrogen and oxygen atoms in total. The van der Waals surface area contributed by atoms with Crippen LogP contribution in [0.5, 0.6) is 0 Å². The van der Waals surface area contributed by atoms with Gasteiger partial charge < -0.3 is 4.74 Å². The number of amides is 4. The van der Waals surface area contributed by atoms with E-state index in [2.05, 4.69) is 0 Å². The van der Waals surface area contributed by atoms with Gasteiger partial charge in [-0.05, 0) is 23.3 Å². The van der Waals surface area contributed by atoms with Gasteiger partial charge in [0.15, 0.2) is 0 Å². The second-order valence-electron chi connectivity index (χ2n) is 8.27. The first-order valence-corrected chi connectivity index (χ1v) is 10.2. The number of esters is 2. The summed E-state index contributed by atoms with van der Waals surface area (Å²) in [5.74, 6) is -6.11. The van der Waals surface area contributed by atoms with E-state index in [1.165, 1.54) is 19.9 Å². The summed E-state index contributed by atoms with van der Waals surface area (Å²) in [5.41, 5.74) is -0.836. The molecule has 1 fully saturated rings. The van der Waals surface area contributed by atoms with Crippen molar-refractivity contribution in [1.29, 1.82) is 0 Å². The topological polar surface area (TPSA) is 118 Å². The van der Waals surface area contributed by atoms with E-state index in [9.17, 15) is 28.8 Å². The molecule has 1 saturated heterocycles. The highest BCUT2D eigenvalue weighted by Gasteiger charge is 2.69. The first-order valence-electron chi connectivity index (χ1n) is 10.2. The second kappa shape index (κ2) is 5.89. The molecule has 162 valence electrons. The first kappa shape index (κ1) is 19.3. The number of fused-ring (bicyclic) bond motifs is 5. The van der Waals surface area contributed by atoms with Crippen LogP contribution in [0, 0.1) is 5.92 Å². The van der Waals surface area contributed by atoms with Crippen molar-refractivity contribution in [2.45, 2.75) is 19.3 Å². The molecule has 0 bridgehead atoms. The summed E-state index contributed by atoms with van der Waals surface area (Å²) in [7, 11) is 0.